The van der Waals surface area contributed by atoms with E-state index in [1.54, 1.807) is 12.1 Å². The molecule has 0 saturated carbocycles. The summed E-state index contributed by atoms with van der Waals surface area (Å²) in [6.07, 6.45) is 0. The average Bonchev–Trinajstić information content (AvgIpc) is 2.49. The third kappa shape index (κ3) is 4.55. The van der Waals surface area contributed by atoms with Gasteiger partial charge >= 0.3 is 0 Å². The Morgan fingerprint density at radius 3 is 2.52 bits per heavy atom. The van der Waals surface area contributed by atoms with E-state index in [1.807, 2.05) is 7.05 Å². The fourth-order valence-electron chi connectivity index (χ4n) is 2.10. The number of nitrogens with one attached hydrogen (secondary N) is 1. The van der Waals surface area contributed by atoms with Gasteiger partial charge in [0, 0.05) is 6.54 Å². The molecule has 0 saturated heterocycles. The molecule has 0 aliphatic carbocycles. The van der Waals surface area contributed by atoms with Crippen LogP contribution in [-0.2, 0) is 6.61 Å². The van der Waals surface area contributed by atoms with Crippen molar-refractivity contribution < 1.29 is 9.13 Å². The van der Waals surface area contributed by atoms with Gasteiger partial charge in [0.25, 0.3) is 0 Å². The summed E-state index contributed by atoms with van der Waals surface area (Å²) in [5, 5.41) is 3.18. The smallest absolute Gasteiger partial charge is 0.137 e. The summed E-state index contributed by atoms with van der Waals surface area (Å²) in [6, 6.07) is 13.0. The van der Waals surface area contributed by atoms with Crippen LogP contribution in [-0.4, -0.2) is 13.6 Å². The standard InChI is InChI=1S/C17H19BrFNO/c1-12(10-20-2)14-5-3-13(4-6-14)11-21-15-7-8-17(19)16(18)9-15/h3-9,12,20H,10-11H2,1-2H3. The molecule has 0 aromatic heterocycles. The summed E-state index contributed by atoms with van der Waals surface area (Å²) in [4.78, 5) is 0. The fraction of sp³-hybridized carbons (Fsp3) is 0.294. The Morgan fingerprint density at radius 2 is 1.90 bits per heavy atom. The third-order valence-electron chi connectivity index (χ3n) is 3.36. The summed E-state index contributed by atoms with van der Waals surface area (Å²) >= 11 is 3.15. The number of hydrogen-bond donors (Lipinski definition) is 1. The lowest BCUT2D eigenvalue weighted by Gasteiger charge is -2.12. The molecule has 0 aliphatic heterocycles. The molecule has 0 spiro atoms. The summed E-state index contributed by atoms with van der Waals surface area (Å²) < 4.78 is 19.2. The van der Waals surface area contributed by atoms with Gasteiger partial charge < -0.3 is 10.1 Å². The van der Waals surface area contributed by atoms with Gasteiger partial charge in [0.2, 0.25) is 0 Å². The zero-order valence-corrected chi connectivity index (χ0v) is 13.8. The van der Waals surface area contributed by atoms with Crippen molar-refractivity contribution in [3.05, 3.63) is 63.9 Å². The first kappa shape index (κ1) is 16.0. The average molecular weight is 352 g/mol. The van der Waals surface area contributed by atoms with Crippen molar-refractivity contribution in [2.45, 2.75) is 19.4 Å². The number of halogens is 2. The monoisotopic (exact) mass is 351 g/mol. The summed E-state index contributed by atoms with van der Waals surface area (Å²) in [5.41, 5.74) is 2.40. The Balaban J connectivity index is 1.95. The van der Waals surface area contributed by atoms with E-state index in [1.165, 1.54) is 11.6 Å². The lowest BCUT2D eigenvalue weighted by Crippen LogP contribution is -2.14. The molecule has 0 fully saturated rings. The van der Waals surface area contributed by atoms with E-state index < -0.39 is 0 Å². The number of ether oxygens (including phenoxy) is 1. The first-order chi connectivity index (χ1) is 10.1. The van der Waals surface area contributed by atoms with Crippen LogP contribution in [0.1, 0.15) is 24.0 Å². The number of benzene rings is 2. The van der Waals surface area contributed by atoms with Gasteiger partial charge in [-0.25, -0.2) is 4.39 Å². The predicted molar refractivity (Wildman–Crippen MR) is 87.2 cm³/mol. The third-order valence-corrected chi connectivity index (χ3v) is 3.96. The largest absolute Gasteiger partial charge is 0.489 e. The minimum absolute atomic E-state index is 0.287. The second-order valence-electron chi connectivity index (χ2n) is 5.06. The molecule has 2 nitrogen and oxygen atoms in total. The quantitative estimate of drug-likeness (QED) is 0.827. The van der Waals surface area contributed by atoms with Gasteiger partial charge in [-0.3, -0.25) is 0 Å². The van der Waals surface area contributed by atoms with E-state index in [9.17, 15) is 4.39 Å². The first-order valence-corrected chi connectivity index (χ1v) is 7.70. The van der Waals surface area contributed by atoms with Crippen LogP contribution >= 0.6 is 15.9 Å². The molecule has 4 heteroatoms. The summed E-state index contributed by atoms with van der Waals surface area (Å²) in [6.45, 7) is 3.62. The first-order valence-electron chi connectivity index (χ1n) is 6.91. The van der Waals surface area contributed by atoms with Gasteiger partial charge in [0.1, 0.15) is 18.2 Å². The van der Waals surface area contributed by atoms with E-state index in [0.717, 1.165) is 12.1 Å². The highest BCUT2D eigenvalue weighted by Crippen LogP contribution is 2.22. The molecule has 0 amide bonds. The van der Waals surface area contributed by atoms with Crippen molar-refractivity contribution in [1.82, 2.24) is 5.32 Å². The summed E-state index contributed by atoms with van der Waals surface area (Å²) in [7, 11) is 1.96. The zero-order chi connectivity index (χ0) is 15.2. The Morgan fingerprint density at radius 1 is 1.19 bits per heavy atom. The van der Waals surface area contributed by atoms with Crippen LogP contribution < -0.4 is 10.1 Å². The topological polar surface area (TPSA) is 21.3 Å². The number of likely N-dealkylation sites (N-methyl/N-ethyl adjacent to an activating group) is 1. The van der Waals surface area contributed by atoms with Crippen LogP contribution in [0.2, 0.25) is 0 Å². The van der Waals surface area contributed by atoms with Gasteiger partial charge in [-0.1, -0.05) is 31.2 Å². The second kappa shape index (κ2) is 7.57. The van der Waals surface area contributed by atoms with Gasteiger partial charge in [-0.2, -0.15) is 0 Å². The molecule has 112 valence electrons. The normalized spacial score (nSPS) is 12.2. The molecule has 2 aromatic carbocycles. The lowest BCUT2D eigenvalue weighted by molar-refractivity contribution is 0.305. The Labute approximate surface area is 133 Å². The molecule has 0 heterocycles. The van der Waals surface area contributed by atoms with Crippen LogP contribution in [0, 0.1) is 5.82 Å². The predicted octanol–water partition coefficient (Wildman–Crippen LogP) is 4.49. The van der Waals surface area contributed by atoms with Crippen molar-refractivity contribution in [3.63, 3.8) is 0 Å². The fourth-order valence-corrected chi connectivity index (χ4v) is 2.46. The van der Waals surface area contributed by atoms with Crippen molar-refractivity contribution in [3.8, 4) is 5.75 Å². The van der Waals surface area contributed by atoms with Crippen molar-refractivity contribution in [2.24, 2.45) is 0 Å². The Bertz CT molecular complexity index is 586. The lowest BCUT2D eigenvalue weighted by atomic mass is 10.00. The van der Waals surface area contributed by atoms with E-state index in [2.05, 4.69) is 52.4 Å². The van der Waals surface area contributed by atoms with Gasteiger partial charge in [0.05, 0.1) is 4.47 Å². The van der Waals surface area contributed by atoms with Crippen LogP contribution in [0.5, 0.6) is 5.75 Å². The second-order valence-corrected chi connectivity index (χ2v) is 5.92. The molecular weight excluding hydrogens is 333 g/mol. The molecule has 21 heavy (non-hydrogen) atoms. The van der Waals surface area contributed by atoms with Gasteiger partial charge in [-0.15, -0.1) is 0 Å². The molecule has 1 unspecified atom stereocenters. The van der Waals surface area contributed by atoms with E-state index >= 15 is 0 Å². The molecule has 1 atom stereocenters. The van der Waals surface area contributed by atoms with Crippen LogP contribution in [0.15, 0.2) is 46.9 Å². The SMILES string of the molecule is CNCC(C)c1ccc(COc2ccc(F)c(Br)c2)cc1. The number of hydrogen-bond acceptors (Lipinski definition) is 2. The molecular formula is C17H19BrFNO. The highest BCUT2D eigenvalue weighted by molar-refractivity contribution is 9.10. The van der Waals surface area contributed by atoms with E-state index in [0.29, 0.717) is 22.7 Å². The van der Waals surface area contributed by atoms with E-state index in [-0.39, 0.29) is 5.82 Å². The minimum Gasteiger partial charge on any atom is -0.489 e. The molecule has 2 rings (SSSR count). The molecule has 2 aromatic rings. The van der Waals surface area contributed by atoms with Gasteiger partial charge in [0.15, 0.2) is 0 Å². The Kier molecular flexibility index (Phi) is 5.76. The minimum atomic E-state index is -0.287. The maximum Gasteiger partial charge on any atom is 0.137 e. The summed E-state index contributed by atoms with van der Waals surface area (Å²) in [5.74, 6) is 0.846. The van der Waals surface area contributed by atoms with Crippen LogP contribution in [0.25, 0.3) is 0 Å². The molecule has 0 aliphatic rings. The van der Waals surface area contributed by atoms with Crippen LogP contribution in [0.4, 0.5) is 4.39 Å². The molecule has 0 radical (unpaired) electrons. The van der Waals surface area contributed by atoms with Crippen molar-refractivity contribution >= 4 is 15.9 Å². The molecule has 0 bridgehead atoms. The van der Waals surface area contributed by atoms with Crippen LogP contribution in [0.3, 0.4) is 0 Å². The highest BCUT2D eigenvalue weighted by atomic mass is 79.9. The Hall–Kier alpha value is -1.39. The zero-order valence-electron chi connectivity index (χ0n) is 12.2. The maximum atomic E-state index is 13.1. The van der Waals surface area contributed by atoms with Gasteiger partial charge in [-0.05, 0) is 58.2 Å². The number of rotatable bonds is 6. The maximum absolute atomic E-state index is 13.1. The van der Waals surface area contributed by atoms with Crippen molar-refractivity contribution in [2.75, 3.05) is 13.6 Å². The van der Waals surface area contributed by atoms with Crippen molar-refractivity contribution in [1.29, 1.82) is 0 Å². The highest BCUT2D eigenvalue weighted by Gasteiger charge is 2.05. The molecule has 1 N–H and O–H groups in total. The van der Waals surface area contributed by atoms with E-state index in [4.69, 9.17) is 4.74 Å².